The van der Waals surface area contributed by atoms with Gasteiger partial charge in [0.1, 0.15) is 11.5 Å². The summed E-state index contributed by atoms with van der Waals surface area (Å²) >= 11 is 1.64. The molecule has 7 heteroatoms. The Kier molecular flexibility index (Phi) is 4.12. The molecule has 1 aliphatic rings. The summed E-state index contributed by atoms with van der Waals surface area (Å²) < 4.78 is 1.99. The lowest BCUT2D eigenvalue weighted by atomic mass is 10.2. The van der Waals surface area contributed by atoms with E-state index in [9.17, 15) is 0 Å². The second-order valence-electron chi connectivity index (χ2n) is 6.22. The number of nitrogens with zero attached hydrogens (tertiary/aromatic N) is 6. The Hall–Kier alpha value is -2.12. The number of aromatic nitrogens is 5. The van der Waals surface area contributed by atoms with Crippen LogP contribution in [-0.2, 0) is 13.6 Å². The van der Waals surface area contributed by atoms with Gasteiger partial charge in [0.2, 0.25) is 0 Å². The minimum atomic E-state index is 0.255. The third-order valence-electron chi connectivity index (χ3n) is 4.43. The lowest BCUT2D eigenvalue weighted by molar-refractivity contribution is 0.237. The van der Waals surface area contributed by atoms with Crippen LogP contribution in [0.2, 0.25) is 0 Å². The largest absolute Gasteiger partial charge is 0.333 e. The van der Waals surface area contributed by atoms with Crippen molar-refractivity contribution in [1.29, 1.82) is 0 Å². The summed E-state index contributed by atoms with van der Waals surface area (Å²) in [7, 11) is 1.99. The van der Waals surface area contributed by atoms with E-state index in [-0.39, 0.29) is 6.04 Å². The highest BCUT2D eigenvalue weighted by Crippen LogP contribution is 2.32. The van der Waals surface area contributed by atoms with Crippen LogP contribution in [0, 0.1) is 6.92 Å². The summed E-state index contributed by atoms with van der Waals surface area (Å²) in [6, 6.07) is 2.26. The molecule has 0 radical (unpaired) electrons. The normalized spacial score (nSPS) is 18.3. The van der Waals surface area contributed by atoms with Gasteiger partial charge < -0.3 is 4.57 Å². The molecule has 3 aromatic rings. The third-order valence-corrected chi connectivity index (χ3v) is 5.07. The van der Waals surface area contributed by atoms with Gasteiger partial charge in [-0.1, -0.05) is 0 Å². The molecule has 0 aliphatic carbocycles. The molecule has 1 aliphatic heterocycles. The molecule has 0 amide bonds. The van der Waals surface area contributed by atoms with Gasteiger partial charge in [-0.3, -0.25) is 4.90 Å². The van der Waals surface area contributed by atoms with Crippen LogP contribution in [0.5, 0.6) is 0 Å². The summed E-state index contributed by atoms with van der Waals surface area (Å²) in [4.78, 5) is 20.9. The van der Waals surface area contributed by atoms with Crippen molar-refractivity contribution in [3.63, 3.8) is 0 Å². The van der Waals surface area contributed by atoms with E-state index in [1.165, 1.54) is 6.42 Å². The molecule has 1 fully saturated rings. The molecule has 1 saturated heterocycles. The van der Waals surface area contributed by atoms with E-state index in [0.717, 1.165) is 48.2 Å². The molecule has 0 spiro atoms. The highest BCUT2D eigenvalue weighted by atomic mass is 32.1. The van der Waals surface area contributed by atoms with Gasteiger partial charge in [0, 0.05) is 37.1 Å². The minimum absolute atomic E-state index is 0.255. The fraction of sp³-hybridized carbons (Fsp3) is 0.412. The average Bonchev–Trinajstić information content (AvgIpc) is 3.29. The van der Waals surface area contributed by atoms with Crippen LogP contribution in [0.15, 0.2) is 29.4 Å². The number of imidazole rings is 1. The van der Waals surface area contributed by atoms with Crippen LogP contribution < -0.4 is 0 Å². The van der Waals surface area contributed by atoms with Gasteiger partial charge in [-0.25, -0.2) is 19.9 Å². The summed E-state index contributed by atoms with van der Waals surface area (Å²) in [5.74, 6) is 1.78. The summed E-state index contributed by atoms with van der Waals surface area (Å²) in [6.07, 6.45) is 6.00. The maximum Gasteiger partial charge on any atom is 0.158 e. The van der Waals surface area contributed by atoms with Crippen LogP contribution in [0.25, 0.3) is 11.5 Å². The SMILES string of the molecule is Cc1cc(-c2nccn2C)nc(C2CCCN2Cc2cscn2)n1. The van der Waals surface area contributed by atoms with E-state index in [0.29, 0.717) is 0 Å². The van der Waals surface area contributed by atoms with Crippen molar-refractivity contribution >= 4 is 11.3 Å². The molecule has 4 rings (SSSR count). The highest BCUT2D eigenvalue weighted by Gasteiger charge is 2.29. The number of hydrogen-bond acceptors (Lipinski definition) is 6. The van der Waals surface area contributed by atoms with Crippen molar-refractivity contribution in [3.8, 4) is 11.5 Å². The Morgan fingerprint density at radius 1 is 1.29 bits per heavy atom. The first-order chi connectivity index (χ1) is 11.7. The Morgan fingerprint density at radius 2 is 2.21 bits per heavy atom. The summed E-state index contributed by atoms with van der Waals surface area (Å²) in [5.41, 5.74) is 4.90. The molecule has 3 aromatic heterocycles. The molecule has 4 heterocycles. The highest BCUT2D eigenvalue weighted by molar-refractivity contribution is 7.07. The van der Waals surface area contributed by atoms with Gasteiger partial charge in [0.15, 0.2) is 5.82 Å². The maximum absolute atomic E-state index is 4.84. The molecule has 0 aromatic carbocycles. The molecule has 0 saturated carbocycles. The molecular weight excluding hydrogens is 320 g/mol. The second kappa shape index (κ2) is 6.41. The maximum atomic E-state index is 4.84. The van der Waals surface area contributed by atoms with Gasteiger partial charge in [0.25, 0.3) is 0 Å². The van der Waals surface area contributed by atoms with Crippen molar-refractivity contribution in [1.82, 2.24) is 29.4 Å². The van der Waals surface area contributed by atoms with E-state index in [1.54, 1.807) is 17.5 Å². The van der Waals surface area contributed by atoms with Crippen molar-refractivity contribution in [2.45, 2.75) is 32.4 Å². The first kappa shape index (κ1) is 15.4. The fourth-order valence-electron chi connectivity index (χ4n) is 3.30. The summed E-state index contributed by atoms with van der Waals surface area (Å²) in [6.45, 7) is 3.96. The average molecular weight is 340 g/mol. The number of thiazole rings is 1. The van der Waals surface area contributed by atoms with Gasteiger partial charge in [-0.05, 0) is 32.4 Å². The van der Waals surface area contributed by atoms with Crippen LogP contribution in [-0.4, -0.2) is 35.9 Å². The number of rotatable bonds is 4. The first-order valence-electron chi connectivity index (χ1n) is 8.15. The van der Waals surface area contributed by atoms with Crippen LogP contribution in [0.4, 0.5) is 0 Å². The first-order valence-corrected chi connectivity index (χ1v) is 9.09. The van der Waals surface area contributed by atoms with Gasteiger partial charge in [0.05, 0.1) is 17.2 Å². The van der Waals surface area contributed by atoms with Crippen molar-refractivity contribution in [2.75, 3.05) is 6.54 Å². The van der Waals surface area contributed by atoms with Crippen molar-refractivity contribution in [2.24, 2.45) is 7.05 Å². The predicted octanol–water partition coefficient (Wildman–Crippen LogP) is 2.98. The standard InChI is InChI=1S/C17H20N6S/c1-12-8-14(17-18-5-7-22(17)2)21-16(20-12)15-4-3-6-23(15)9-13-10-24-11-19-13/h5,7-8,10-11,15H,3-4,6,9H2,1-2H3. The molecule has 24 heavy (non-hydrogen) atoms. The fourth-order valence-corrected chi connectivity index (χ4v) is 3.85. The molecule has 0 bridgehead atoms. The van der Waals surface area contributed by atoms with Crippen molar-refractivity contribution in [3.05, 3.63) is 46.6 Å². The molecular formula is C17H20N6S. The molecule has 1 atom stereocenters. The van der Waals surface area contributed by atoms with Crippen molar-refractivity contribution < 1.29 is 0 Å². The Balaban J connectivity index is 1.65. The number of likely N-dealkylation sites (tertiary alicyclic amines) is 1. The van der Waals surface area contributed by atoms with Crippen LogP contribution in [0.1, 0.15) is 36.1 Å². The lowest BCUT2D eigenvalue weighted by Gasteiger charge is -2.23. The minimum Gasteiger partial charge on any atom is -0.333 e. The third kappa shape index (κ3) is 2.97. The van der Waals surface area contributed by atoms with Gasteiger partial charge in [-0.15, -0.1) is 11.3 Å². The monoisotopic (exact) mass is 340 g/mol. The van der Waals surface area contributed by atoms with E-state index in [1.807, 2.05) is 36.3 Å². The number of aryl methyl sites for hydroxylation is 2. The predicted molar refractivity (Wildman–Crippen MR) is 93.5 cm³/mol. The Bertz CT molecular complexity index is 825. The Morgan fingerprint density at radius 3 is 2.96 bits per heavy atom. The molecule has 1 unspecified atom stereocenters. The smallest absolute Gasteiger partial charge is 0.158 e. The van der Waals surface area contributed by atoms with Crippen LogP contribution in [0.3, 0.4) is 0 Å². The summed E-state index contributed by atoms with van der Waals surface area (Å²) in [5, 5.41) is 2.12. The zero-order valence-corrected chi connectivity index (χ0v) is 14.7. The molecule has 6 nitrogen and oxygen atoms in total. The van der Waals surface area contributed by atoms with E-state index in [2.05, 4.69) is 20.2 Å². The van der Waals surface area contributed by atoms with Gasteiger partial charge in [-0.2, -0.15) is 0 Å². The Labute approximate surface area is 145 Å². The van der Waals surface area contributed by atoms with Gasteiger partial charge >= 0.3 is 0 Å². The second-order valence-corrected chi connectivity index (χ2v) is 6.94. The van der Waals surface area contributed by atoms with Crippen LogP contribution >= 0.6 is 11.3 Å². The molecule has 124 valence electrons. The molecule has 0 N–H and O–H groups in total. The number of hydrogen-bond donors (Lipinski definition) is 0. The van der Waals surface area contributed by atoms with E-state index in [4.69, 9.17) is 9.97 Å². The zero-order chi connectivity index (χ0) is 16.5. The zero-order valence-electron chi connectivity index (χ0n) is 13.9. The quantitative estimate of drug-likeness (QED) is 0.731. The topological polar surface area (TPSA) is 59.7 Å². The lowest BCUT2D eigenvalue weighted by Crippen LogP contribution is -2.24. The van der Waals surface area contributed by atoms with E-state index < -0.39 is 0 Å². The van der Waals surface area contributed by atoms with E-state index >= 15 is 0 Å².